The van der Waals surface area contributed by atoms with Gasteiger partial charge in [0.05, 0.1) is 13.2 Å². The molecule has 0 aromatic heterocycles. The van der Waals surface area contributed by atoms with Crippen LogP contribution in [0, 0.1) is 5.82 Å². The number of methoxy groups -OCH3 is 1. The molecule has 3 aromatic rings. The molecule has 0 unspecified atom stereocenters. The van der Waals surface area contributed by atoms with Crippen LogP contribution in [0.4, 0.5) is 4.39 Å². The van der Waals surface area contributed by atoms with Crippen LogP contribution in [0.3, 0.4) is 0 Å². The second kappa shape index (κ2) is 9.50. The molecule has 0 radical (unpaired) electrons. The minimum atomic E-state index is -0.529. The van der Waals surface area contributed by atoms with Gasteiger partial charge in [-0.05, 0) is 41.5 Å². The molecule has 1 amide bonds. The summed E-state index contributed by atoms with van der Waals surface area (Å²) in [7, 11) is 1.41. The van der Waals surface area contributed by atoms with Gasteiger partial charge in [0.1, 0.15) is 0 Å². The predicted octanol–water partition coefficient (Wildman–Crippen LogP) is 5.04. The summed E-state index contributed by atoms with van der Waals surface area (Å²) in [5.74, 6) is -0.558. The van der Waals surface area contributed by atoms with Gasteiger partial charge in [-0.3, -0.25) is 9.69 Å². The number of carbonyl (C=O) groups is 1. The number of nitrogens with zero attached hydrogens (tertiary/aromatic N) is 2. The molecule has 4 nitrogen and oxygen atoms in total. The number of rotatable bonds is 5. The van der Waals surface area contributed by atoms with Crippen LogP contribution in [0.1, 0.15) is 27.5 Å². The van der Waals surface area contributed by atoms with Crippen molar-refractivity contribution in [1.82, 2.24) is 9.80 Å². The zero-order valence-electron chi connectivity index (χ0n) is 17.3. The Labute approximate surface area is 186 Å². The third kappa shape index (κ3) is 4.73. The van der Waals surface area contributed by atoms with Gasteiger partial charge < -0.3 is 9.64 Å². The molecule has 0 aliphatic carbocycles. The first-order valence-electron chi connectivity index (χ1n) is 10.2. The lowest BCUT2D eigenvalue weighted by molar-refractivity contribution is 0.0597. The molecule has 4 rings (SSSR count). The van der Waals surface area contributed by atoms with Gasteiger partial charge in [-0.15, -0.1) is 0 Å². The number of hydrogen-bond donors (Lipinski definition) is 0. The van der Waals surface area contributed by atoms with Crippen molar-refractivity contribution in [1.29, 1.82) is 0 Å². The highest BCUT2D eigenvalue weighted by Gasteiger charge is 2.28. The normalized spacial score (nSPS) is 15.5. The van der Waals surface area contributed by atoms with Crippen LogP contribution in [0.25, 0.3) is 0 Å². The van der Waals surface area contributed by atoms with Gasteiger partial charge in [-0.1, -0.05) is 54.1 Å². The maximum Gasteiger partial charge on any atom is 0.254 e. The summed E-state index contributed by atoms with van der Waals surface area (Å²) in [5.41, 5.74) is 2.69. The van der Waals surface area contributed by atoms with Gasteiger partial charge in [0, 0.05) is 36.8 Å². The highest BCUT2D eigenvalue weighted by molar-refractivity contribution is 6.30. The molecule has 0 spiro atoms. The lowest BCUT2D eigenvalue weighted by atomic mass is 9.96. The molecule has 1 fully saturated rings. The van der Waals surface area contributed by atoms with Crippen molar-refractivity contribution in [2.24, 2.45) is 0 Å². The second-order valence-corrected chi connectivity index (χ2v) is 7.98. The molecule has 1 aliphatic rings. The van der Waals surface area contributed by atoms with E-state index in [2.05, 4.69) is 29.2 Å². The first kappa shape index (κ1) is 21.3. The summed E-state index contributed by atoms with van der Waals surface area (Å²) in [6.07, 6.45) is 0. The van der Waals surface area contributed by atoms with Crippen LogP contribution in [-0.2, 0) is 0 Å². The minimum Gasteiger partial charge on any atom is -0.494 e. The topological polar surface area (TPSA) is 32.8 Å². The molecule has 160 valence electrons. The van der Waals surface area contributed by atoms with E-state index in [1.807, 2.05) is 30.3 Å². The highest BCUT2D eigenvalue weighted by atomic mass is 35.5. The van der Waals surface area contributed by atoms with Crippen molar-refractivity contribution >= 4 is 17.5 Å². The van der Waals surface area contributed by atoms with Gasteiger partial charge >= 0.3 is 0 Å². The third-order valence-electron chi connectivity index (χ3n) is 5.67. The van der Waals surface area contributed by atoms with Crippen molar-refractivity contribution in [2.75, 3.05) is 33.3 Å². The Morgan fingerprint density at radius 1 is 0.935 bits per heavy atom. The average molecular weight is 439 g/mol. The maximum absolute atomic E-state index is 14.0. The SMILES string of the molecule is COc1ccc(C(=O)N2CCN([C@H](c3ccccc3)c3ccc(Cl)cc3)CC2)cc1F. The molecule has 0 N–H and O–H groups in total. The van der Waals surface area contributed by atoms with Gasteiger partial charge in [0.2, 0.25) is 0 Å². The van der Waals surface area contributed by atoms with Gasteiger partial charge in [-0.2, -0.15) is 0 Å². The molecule has 1 saturated heterocycles. The fraction of sp³-hybridized carbons (Fsp3) is 0.240. The monoisotopic (exact) mass is 438 g/mol. The van der Waals surface area contributed by atoms with Crippen molar-refractivity contribution < 1.29 is 13.9 Å². The zero-order valence-corrected chi connectivity index (χ0v) is 18.1. The van der Waals surface area contributed by atoms with E-state index in [9.17, 15) is 9.18 Å². The van der Waals surface area contributed by atoms with Crippen molar-refractivity contribution in [3.63, 3.8) is 0 Å². The van der Waals surface area contributed by atoms with E-state index in [4.69, 9.17) is 16.3 Å². The van der Waals surface area contributed by atoms with Crippen LogP contribution in [0.15, 0.2) is 72.8 Å². The number of piperazine rings is 1. The quantitative estimate of drug-likeness (QED) is 0.559. The number of amides is 1. The summed E-state index contributed by atoms with van der Waals surface area (Å²) in [6.45, 7) is 2.58. The molecule has 6 heteroatoms. The molecule has 0 bridgehead atoms. The molecule has 31 heavy (non-hydrogen) atoms. The number of ether oxygens (including phenoxy) is 1. The molecular formula is C25H24ClFN2O2. The smallest absolute Gasteiger partial charge is 0.254 e. The summed E-state index contributed by atoms with van der Waals surface area (Å²) < 4.78 is 19.0. The number of carbonyl (C=O) groups excluding carboxylic acids is 1. The molecule has 1 heterocycles. The minimum absolute atomic E-state index is 0.0779. The lowest BCUT2D eigenvalue weighted by Gasteiger charge is -2.39. The third-order valence-corrected chi connectivity index (χ3v) is 5.92. The van der Waals surface area contributed by atoms with Crippen LogP contribution in [0.5, 0.6) is 5.75 Å². The summed E-state index contributed by atoms with van der Waals surface area (Å²) >= 11 is 6.10. The van der Waals surface area contributed by atoms with Gasteiger partial charge in [-0.25, -0.2) is 4.39 Å². The zero-order chi connectivity index (χ0) is 21.8. The fourth-order valence-electron chi connectivity index (χ4n) is 4.06. The van der Waals surface area contributed by atoms with Crippen molar-refractivity contribution in [3.05, 3.63) is 100 Å². The van der Waals surface area contributed by atoms with E-state index < -0.39 is 5.82 Å². The molecule has 3 aromatic carbocycles. The van der Waals surface area contributed by atoms with E-state index >= 15 is 0 Å². The molecule has 1 aliphatic heterocycles. The number of hydrogen-bond acceptors (Lipinski definition) is 3. The Bertz CT molecular complexity index is 1040. The van der Waals surface area contributed by atoms with E-state index in [0.29, 0.717) is 36.8 Å². The Kier molecular flexibility index (Phi) is 6.54. The summed E-state index contributed by atoms with van der Waals surface area (Å²) in [6, 6.07) is 22.7. The van der Waals surface area contributed by atoms with E-state index in [0.717, 1.165) is 5.56 Å². The van der Waals surface area contributed by atoms with Gasteiger partial charge in [0.25, 0.3) is 5.91 Å². The average Bonchev–Trinajstić information content (AvgIpc) is 2.81. The Hall–Kier alpha value is -2.89. The van der Waals surface area contributed by atoms with Gasteiger partial charge in [0.15, 0.2) is 11.6 Å². The van der Waals surface area contributed by atoms with Crippen molar-refractivity contribution in [2.45, 2.75) is 6.04 Å². The summed E-state index contributed by atoms with van der Waals surface area (Å²) in [4.78, 5) is 17.0. The Morgan fingerprint density at radius 2 is 1.58 bits per heavy atom. The molecular weight excluding hydrogens is 415 g/mol. The highest BCUT2D eigenvalue weighted by Crippen LogP contribution is 2.30. The predicted molar refractivity (Wildman–Crippen MR) is 120 cm³/mol. The van der Waals surface area contributed by atoms with Crippen LogP contribution in [-0.4, -0.2) is 49.0 Å². The van der Waals surface area contributed by atoms with Crippen LogP contribution < -0.4 is 4.74 Å². The van der Waals surface area contributed by atoms with Crippen LogP contribution in [0.2, 0.25) is 5.02 Å². The van der Waals surface area contributed by atoms with E-state index in [-0.39, 0.29) is 17.7 Å². The first-order valence-corrected chi connectivity index (χ1v) is 10.6. The Morgan fingerprint density at radius 3 is 2.19 bits per heavy atom. The maximum atomic E-state index is 14.0. The number of benzene rings is 3. The number of halogens is 2. The Balaban J connectivity index is 1.50. The fourth-order valence-corrected chi connectivity index (χ4v) is 4.19. The van der Waals surface area contributed by atoms with Crippen LogP contribution >= 0.6 is 11.6 Å². The standard InChI is InChI=1S/C25H24ClFN2O2/c1-31-23-12-9-20(17-22(23)27)25(30)29-15-13-28(14-16-29)24(18-5-3-2-4-6-18)19-7-10-21(26)11-8-19/h2-12,17,24H,13-16H2,1H3/t24-/m1/s1. The first-order chi connectivity index (χ1) is 15.1. The summed E-state index contributed by atoms with van der Waals surface area (Å²) in [5, 5.41) is 0.706. The van der Waals surface area contributed by atoms with E-state index in [1.165, 1.54) is 24.8 Å². The second-order valence-electron chi connectivity index (χ2n) is 7.54. The van der Waals surface area contributed by atoms with Crippen molar-refractivity contribution in [3.8, 4) is 5.75 Å². The van der Waals surface area contributed by atoms with E-state index in [1.54, 1.807) is 11.0 Å². The lowest BCUT2D eigenvalue weighted by Crippen LogP contribution is -2.49. The molecule has 1 atom stereocenters. The molecule has 0 saturated carbocycles. The largest absolute Gasteiger partial charge is 0.494 e.